The molecule has 15 heavy (non-hydrogen) atoms. The molecule has 0 aromatic heterocycles. The highest BCUT2D eigenvalue weighted by Crippen LogP contribution is 2.33. The van der Waals surface area contributed by atoms with Gasteiger partial charge in [0.05, 0.1) is 12.1 Å². The molecule has 1 aromatic carbocycles. The molecule has 82 valence electrons. The van der Waals surface area contributed by atoms with Crippen LogP contribution in [0.3, 0.4) is 0 Å². The van der Waals surface area contributed by atoms with Gasteiger partial charge in [0, 0.05) is 0 Å². The minimum Gasteiger partial charge on any atom is -0.495 e. The number of aliphatic carboxylic acids is 1. The molecule has 0 saturated carbocycles. The standard InChI is InChI=1S/C10H10Cl2O3/c1-5-3-8(15-2)7(11)4-6(5)9(12)10(13)14/h3-4,9H,1-2H3,(H,13,14). The van der Waals surface area contributed by atoms with Crippen LogP contribution in [0.4, 0.5) is 0 Å². The normalized spacial score (nSPS) is 12.3. The number of hydrogen-bond donors (Lipinski definition) is 1. The summed E-state index contributed by atoms with van der Waals surface area (Å²) in [5.41, 5.74) is 1.22. The zero-order chi connectivity index (χ0) is 11.6. The van der Waals surface area contributed by atoms with Crippen LogP contribution in [0.1, 0.15) is 16.5 Å². The summed E-state index contributed by atoms with van der Waals surface area (Å²) in [6.07, 6.45) is 0. The van der Waals surface area contributed by atoms with Crippen LogP contribution in [-0.4, -0.2) is 18.2 Å². The second-order valence-corrected chi connectivity index (χ2v) is 3.89. The molecule has 0 spiro atoms. The molecule has 0 heterocycles. The van der Waals surface area contributed by atoms with Gasteiger partial charge in [0.15, 0.2) is 5.38 Å². The number of hydrogen-bond acceptors (Lipinski definition) is 2. The van der Waals surface area contributed by atoms with Crippen LogP contribution >= 0.6 is 23.2 Å². The Morgan fingerprint density at radius 2 is 2.13 bits per heavy atom. The first-order chi connectivity index (χ1) is 6.97. The van der Waals surface area contributed by atoms with Gasteiger partial charge in [-0.05, 0) is 30.2 Å². The van der Waals surface area contributed by atoms with E-state index in [1.54, 1.807) is 13.0 Å². The molecule has 0 radical (unpaired) electrons. The molecule has 0 amide bonds. The highest BCUT2D eigenvalue weighted by atomic mass is 35.5. The summed E-state index contributed by atoms with van der Waals surface area (Å²) in [7, 11) is 1.50. The second kappa shape index (κ2) is 4.73. The van der Waals surface area contributed by atoms with E-state index in [1.165, 1.54) is 13.2 Å². The topological polar surface area (TPSA) is 46.5 Å². The van der Waals surface area contributed by atoms with Gasteiger partial charge < -0.3 is 9.84 Å². The maximum atomic E-state index is 10.7. The lowest BCUT2D eigenvalue weighted by atomic mass is 10.1. The lowest BCUT2D eigenvalue weighted by Crippen LogP contribution is -2.06. The van der Waals surface area contributed by atoms with Crippen LogP contribution < -0.4 is 4.74 Å². The summed E-state index contributed by atoms with van der Waals surface area (Å²) < 4.78 is 5.00. The lowest BCUT2D eigenvalue weighted by molar-refractivity contribution is -0.136. The Kier molecular flexibility index (Phi) is 3.83. The van der Waals surface area contributed by atoms with Crippen molar-refractivity contribution in [3.05, 3.63) is 28.3 Å². The van der Waals surface area contributed by atoms with Crippen LogP contribution in [-0.2, 0) is 4.79 Å². The van der Waals surface area contributed by atoms with Gasteiger partial charge in [-0.25, -0.2) is 0 Å². The zero-order valence-corrected chi connectivity index (χ0v) is 9.76. The first kappa shape index (κ1) is 12.1. The van der Waals surface area contributed by atoms with E-state index in [-0.39, 0.29) is 0 Å². The number of carboxylic acid groups (broad SMARTS) is 1. The van der Waals surface area contributed by atoms with E-state index in [1.807, 2.05) is 0 Å². The number of aryl methyl sites for hydroxylation is 1. The van der Waals surface area contributed by atoms with Gasteiger partial charge in [0.2, 0.25) is 0 Å². The Hall–Kier alpha value is -0.930. The quantitative estimate of drug-likeness (QED) is 0.837. The Morgan fingerprint density at radius 3 is 2.60 bits per heavy atom. The fraction of sp³-hybridized carbons (Fsp3) is 0.300. The highest BCUT2D eigenvalue weighted by molar-refractivity contribution is 6.33. The summed E-state index contributed by atoms with van der Waals surface area (Å²) in [4.78, 5) is 10.7. The Morgan fingerprint density at radius 1 is 1.53 bits per heavy atom. The smallest absolute Gasteiger partial charge is 0.326 e. The molecule has 0 aliphatic carbocycles. The number of carbonyl (C=O) groups is 1. The van der Waals surface area contributed by atoms with E-state index in [4.69, 9.17) is 33.0 Å². The van der Waals surface area contributed by atoms with Crippen LogP contribution in [0.15, 0.2) is 12.1 Å². The van der Waals surface area contributed by atoms with E-state index in [9.17, 15) is 4.79 Å². The number of ether oxygens (including phenoxy) is 1. The molecular formula is C10H10Cl2O3. The van der Waals surface area contributed by atoms with Crippen molar-refractivity contribution in [1.82, 2.24) is 0 Å². The van der Waals surface area contributed by atoms with Crippen molar-refractivity contribution < 1.29 is 14.6 Å². The molecule has 1 aromatic rings. The molecule has 1 unspecified atom stereocenters. The number of halogens is 2. The van der Waals surface area contributed by atoms with Crippen LogP contribution in [0, 0.1) is 6.92 Å². The maximum absolute atomic E-state index is 10.7. The van der Waals surface area contributed by atoms with Crippen molar-refractivity contribution in [1.29, 1.82) is 0 Å². The van der Waals surface area contributed by atoms with Gasteiger partial charge >= 0.3 is 5.97 Å². The number of rotatable bonds is 3. The fourth-order valence-corrected chi connectivity index (χ4v) is 1.72. The van der Waals surface area contributed by atoms with E-state index in [0.29, 0.717) is 16.3 Å². The summed E-state index contributed by atoms with van der Waals surface area (Å²) in [6, 6.07) is 3.18. The van der Waals surface area contributed by atoms with Gasteiger partial charge in [-0.2, -0.15) is 0 Å². The van der Waals surface area contributed by atoms with Crippen LogP contribution in [0.5, 0.6) is 5.75 Å². The summed E-state index contributed by atoms with van der Waals surface area (Å²) >= 11 is 11.6. The van der Waals surface area contributed by atoms with Crippen molar-refractivity contribution in [2.24, 2.45) is 0 Å². The first-order valence-electron chi connectivity index (χ1n) is 4.18. The van der Waals surface area contributed by atoms with Crippen molar-refractivity contribution in [3.63, 3.8) is 0 Å². The van der Waals surface area contributed by atoms with Gasteiger partial charge in [0.1, 0.15) is 5.75 Å². The Bertz CT molecular complexity index is 390. The number of alkyl halides is 1. The van der Waals surface area contributed by atoms with E-state index >= 15 is 0 Å². The third-order valence-corrected chi connectivity index (χ3v) is 2.75. The molecule has 0 aliphatic rings. The van der Waals surface area contributed by atoms with Crippen molar-refractivity contribution in [2.45, 2.75) is 12.3 Å². The second-order valence-electron chi connectivity index (χ2n) is 3.04. The molecule has 0 fully saturated rings. The van der Waals surface area contributed by atoms with Gasteiger partial charge in [-0.15, -0.1) is 11.6 Å². The molecule has 1 atom stereocenters. The molecule has 3 nitrogen and oxygen atoms in total. The van der Waals surface area contributed by atoms with Crippen LogP contribution in [0.2, 0.25) is 5.02 Å². The number of methoxy groups -OCH3 is 1. The zero-order valence-electron chi connectivity index (χ0n) is 8.25. The van der Waals surface area contributed by atoms with Crippen molar-refractivity contribution in [3.8, 4) is 5.75 Å². The number of carboxylic acids is 1. The molecule has 0 saturated heterocycles. The Labute approximate surface area is 97.6 Å². The lowest BCUT2D eigenvalue weighted by Gasteiger charge is -2.11. The maximum Gasteiger partial charge on any atom is 0.326 e. The SMILES string of the molecule is COc1cc(C)c(C(Cl)C(=O)O)cc1Cl. The summed E-state index contributed by atoms with van der Waals surface area (Å²) in [5, 5.41) is 8.03. The Balaban J connectivity index is 3.21. The average Bonchev–Trinajstić information content (AvgIpc) is 2.19. The van der Waals surface area contributed by atoms with Gasteiger partial charge in [0.25, 0.3) is 0 Å². The minimum absolute atomic E-state index is 0.352. The average molecular weight is 249 g/mol. The molecule has 1 N–H and O–H groups in total. The van der Waals surface area contributed by atoms with Crippen molar-refractivity contribution >= 4 is 29.2 Å². The highest BCUT2D eigenvalue weighted by Gasteiger charge is 2.20. The van der Waals surface area contributed by atoms with Gasteiger partial charge in [-0.3, -0.25) is 4.79 Å². The minimum atomic E-state index is -1.10. The molecule has 5 heteroatoms. The molecule has 0 bridgehead atoms. The third-order valence-electron chi connectivity index (χ3n) is 2.03. The van der Waals surface area contributed by atoms with E-state index in [0.717, 1.165) is 5.56 Å². The van der Waals surface area contributed by atoms with Crippen LogP contribution in [0.25, 0.3) is 0 Å². The van der Waals surface area contributed by atoms with Crippen molar-refractivity contribution in [2.75, 3.05) is 7.11 Å². The largest absolute Gasteiger partial charge is 0.495 e. The fourth-order valence-electron chi connectivity index (χ4n) is 1.23. The molecule has 1 rings (SSSR count). The number of benzene rings is 1. The summed E-state index contributed by atoms with van der Waals surface area (Å²) in [6.45, 7) is 1.76. The van der Waals surface area contributed by atoms with Gasteiger partial charge in [-0.1, -0.05) is 11.6 Å². The molecular weight excluding hydrogens is 239 g/mol. The van der Waals surface area contributed by atoms with E-state index in [2.05, 4.69) is 0 Å². The monoisotopic (exact) mass is 248 g/mol. The predicted molar refractivity (Wildman–Crippen MR) is 59.0 cm³/mol. The molecule has 0 aliphatic heterocycles. The third kappa shape index (κ3) is 2.55. The predicted octanol–water partition coefficient (Wildman–Crippen LogP) is 3.02. The summed E-state index contributed by atoms with van der Waals surface area (Å²) in [5.74, 6) is -0.590. The van der Waals surface area contributed by atoms with E-state index < -0.39 is 11.3 Å². The first-order valence-corrected chi connectivity index (χ1v) is 4.99.